The van der Waals surface area contributed by atoms with Crippen LogP contribution in [-0.2, 0) is 4.79 Å². The minimum Gasteiger partial charge on any atom is -0.496 e. The molecule has 0 radical (unpaired) electrons. The number of anilines is 1. The first-order chi connectivity index (χ1) is 15.6. The third-order valence-electron chi connectivity index (χ3n) is 6.38. The molecule has 0 aliphatic carbocycles. The summed E-state index contributed by atoms with van der Waals surface area (Å²) >= 11 is 1.36. The zero-order valence-corrected chi connectivity index (χ0v) is 21.2. The quantitative estimate of drug-likeness (QED) is 0.549. The molecule has 0 bridgehead atoms. The number of aliphatic imine (C=N–C) groups is 1. The Morgan fingerprint density at radius 3 is 2.67 bits per heavy atom. The number of carbonyl (C=O) groups is 1. The Hall–Kier alpha value is -2.99. The van der Waals surface area contributed by atoms with Crippen LogP contribution in [0, 0.1) is 13.8 Å². The van der Waals surface area contributed by atoms with Crippen LogP contribution in [0.5, 0.6) is 5.75 Å². The van der Waals surface area contributed by atoms with Gasteiger partial charge in [-0.15, -0.1) is 0 Å². The number of amides is 1. The Labute approximate surface area is 200 Å². The van der Waals surface area contributed by atoms with Crippen LogP contribution in [0.4, 0.5) is 11.4 Å². The number of likely N-dealkylation sites (N-methyl/N-ethyl adjacent to an activating group) is 1. The molecule has 2 aromatic carbocycles. The molecule has 4 rings (SSSR count). The molecule has 2 aliphatic rings. The fourth-order valence-electron chi connectivity index (χ4n) is 4.58. The van der Waals surface area contributed by atoms with Gasteiger partial charge >= 0.3 is 0 Å². The average molecular weight is 462 g/mol. The fourth-order valence-corrected chi connectivity index (χ4v) is 5.40. The summed E-state index contributed by atoms with van der Waals surface area (Å²) in [5.74, 6) is 0.603. The number of nitrogens with zero attached hydrogens (tertiary/aromatic N) is 2. The number of allylic oxidation sites excluding steroid dienone is 1. The van der Waals surface area contributed by atoms with Crippen molar-refractivity contribution in [1.29, 1.82) is 0 Å². The van der Waals surface area contributed by atoms with Crippen LogP contribution in [0.2, 0.25) is 0 Å². The Balaban J connectivity index is 1.72. The average Bonchev–Trinajstić information content (AvgIpc) is 3.09. The maximum absolute atomic E-state index is 12.7. The van der Waals surface area contributed by atoms with Crippen LogP contribution in [0.3, 0.4) is 0 Å². The number of methoxy groups -OCH3 is 1. The predicted molar refractivity (Wildman–Crippen MR) is 140 cm³/mol. The maximum Gasteiger partial charge on any atom is 0.264 e. The molecule has 5 nitrogen and oxygen atoms in total. The van der Waals surface area contributed by atoms with Crippen molar-refractivity contribution in [2.75, 3.05) is 18.6 Å². The van der Waals surface area contributed by atoms with Gasteiger partial charge in [-0.3, -0.25) is 4.79 Å². The van der Waals surface area contributed by atoms with Crippen molar-refractivity contribution in [2.45, 2.75) is 47.1 Å². The third-order valence-corrected chi connectivity index (χ3v) is 7.29. The summed E-state index contributed by atoms with van der Waals surface area (Å²) in [4.78, 5) is 20.4. The van der Waals surface area contributed by atoms with Crippen molar-refractivity contribution in [2.24, 2.45) is 4.99 Å². The number of rotatable bonds is 4. The monoisotopic (exact) mass is 461 g/mol. The van der Waals surface area contributed by atoms with Gasteiger partial charge < -0.3 is 15.0 Å². The number of hydrogen-bond donors (Lipinski definition) is 1. The number of nitrogens with one attached hydrogen (secondary N) is 1. The number of aryl methyl sites for hydroxylation is 1. The van der Waals surface area contributed by atoms with Gasteiger partial charge in [0, 0.05) is 29.4 Å². The van der Waals surface area contributed by atoms with Crippen LogP contribution in [0.1, 0.15) is 49.9 Å². The molecule has 1 saturated heterocycles. The molecule has 6 heteroatoms. The minimum absolute atomic E-state index is 0.0721. The Morgan fingerprint density at radius 2 is 1.97 bits per heavy atom. The largest absolute Gasteiger partial charge is 0.496 e. The van der Waals surface area contributed by atoms with Gasteiger partial charge in [0.05, 0.1) is 23.2 Å². The van der Waals surface area contributed by atoms with E-state index in [2.05, 4.69) is 74.1 Å². The second-order valence-electron chi connectivity index (χ2n) is 9.04. The molecule has 0 aromatic heterocycles. The number of carbonyl (C=O) groups excluding carboxylic acids is 1. The lowest BCUT2D eigenvalue weighted by Gasteiger charge is -2.43. The van der Waals surface area contributed by atoms with Gasteiger partial charge in [0.2, 0.25) is 0 Å². The summed E-state index contributed by atoms with van der Waals surface area (Å²) in [6.07, 6.45) is 4.20. The highest BCUT2D eigenvalue weighted by Crippen LogP contribution is 2.43. The molecule has 0 spiro atoms. The first-order valence-electron chi connectivity index (χ1n) is 11.2. The molecule has 1 amide bonds. The topological polar surface area (TPSA) is 53.9 Å². The number of ether oxygens (including phenoxy) is 1. The lowest BCUT2D eigenvalue weighted by Crippen LogP contribution is -2.44. The van der Waals surface area contributed by atoms with Crippen LogP contribution in [0.25, 0.3) is 11.6 Å². The summed E-state index contributed by atoms with van der Waals surface area (Å²) in [6.45, 7) is 13.8. The van der Waals surface area contributed by atoms with E-state index in [4.69, 9.17) is 4.74 Å². The Bertz CT molecular complexity index is 1220. The highest BCUT2D eigenvalue weighted by Gasteiger charge is 2.31. The fraction of sp³-hybridized carbons (Fsp3) is 0.333. The number of benzene rings is 2. The molecule has 2 aliphatic heterocycles. The van der Waals surface area contributed by atoms with Gasteiger partial charge in [0.25, 0.3) is 5.91 Å². The van der Waals surface area contributed by atoms with Crippen molar-refractivity contribution < 1.29 is 9.53 Å². The first-order valence-corrected chi connectivity index (χ1v) is 12.0. The molecule has 1 fully saturated rings. The molecular formula is C27H31N3O2S. The SMILES string of the molecule is CCN1c2cc(OC)c(/C=C3/SC(=Nc4cccc(C)c4C)NC3=O)cc2C(C)=CC1(C)C. The molecule has 0 saturated carbocycles. The lowest BCUT2D eigenvalue weighted by molar-refractivity contribution is -0.115. The predicted octanol–water partition coefficient (Wildman–Crippen LogP) is 6.23. The van der Waals surface area contributed by atoms with E-state index in [0.29, 0.717) is 10.1 Å². The summed E-state index contributed by atoms with van der Waals surface area (Å²) in [5, 5.41) is 3.49. The molecule has 172 valence electrons. The van der Waals surface area contributed by atoms with Crippen molar-refractivity contribution >= 4 is 45.9 Å². The zero-order valence-electron chi connectivity index (χ0n) is 20.4. The van der Waals surface area contributed by atoms with Gasteiger partial charge in [-0.25, -0.2) is 4.99 Å². The van der Waals surface area contributed by atoms with Gasteiger partial charge in [-0.1, -0.05) is 18.2 Å². The Kier molecular flexibility index (Phi) is 6.14. The van der Waals surface area contributed by atoms with Gasteiger partial charge in [0.1, 0.15) is 5.75 Å². The number of hydrogen-bond acceptors (Lipinski definition) is 5. The minimum atomic E-state index is -0.146. The van der Waals surface area contributed by atoms with E-state index in [9.17, 15) is 4.79 Å². The number of thioether (sulfide) groups is 1. The van der Waals surface area contributed by atoms with Crippen LogP contribution in [0.15, 0.2) is 46.3 Å². The van der Waals surface area contributed by atoms with Crippen molar-refractivity contribution in [3.8, 4) is 5.75 Å². The molecule has 2 aromatic rings. The van der Waals surface area contributed by atoms with Crippen LogP contribution in [-0.4, -0.2) is 30.3 Å². The second-order valence-corrected chi connectivity index (χ2v) is 10.1. The maximum atomic E-state index is 12.7. The molecule has 0 atom stereocenters. The van der Waals surface area contributed by atoms with E-state index < -0.39 is 0 Å². The van der Waals surface area contributed by atoms with E-state index in [0.717, 1.165) is 40.4 Å². The van der Waals surface area contributed by atoms with Gasteiger partial charge in [-0.2, -0.15) is 0 Å². The van der Waals surface area contributed by atoms with E-state index in [1.807, 2.05) is 25.1 Å². The van der Waals surface area contributed by atoms with Gasteiger partial charge in [0.15, 0.2) is 5.17 Å². The van der Waals surface area contributed by atoms with Crippen molar-refractivity contribution in [3.05, 3.63) is 63.6 Å². The molecule has 2 heterocycles. The lowest BCUT2D eigenvalue weighted by atomic mass is 9.87. The van der Waals surface area contributed by atoms with Crippen molar-refractivity contribution in [3.63, 3.8) is 0 Å². The van der Waals surface area contributed by atoms with Crippen LogP contribution < -0.4 is 15.0 Å². The third kappa shape index (κ3) is 4.32. The summed E-state index contributed by atoms with van der Waals surface area (Å²) in [7, 11) is 1.67. The van der Waals surface area contributed by atoms with Gasteiger partial charge in [-0.05, 0) is 88.2 Å². The number of fused-ring (bicyclic) bond motifs is 1. The standard InChI is InChI=1S/C27H31N3O2S/c1-8-30-22-14-23(32-7)19(12-20(22)17(3)15-27(30,5)6)13-24-25(31)29-26(33-24)28-21-11-9-10-16(2)18(21)4/h9-15H,8H2,1-7H3,(H,28,29,31)/b24-13+. The highest BCUT2D eigenvalue weighted by molar-refractivity contribution is 8.18. The zero-order chi connectivity index (χ0) is 23.9. The smallest absolute Gasteiger partial charge is 0.264 e. The molecular weight excluding hydrogens is 430 g/mol. The molecule has 33 heavy (non-hydrogen) atoms. The summed E-state index contributed by atoms with van der Waals surface area (Å²) < 4.78 is 5.74. The molecule has 1 N–H and O–H groups in total. The highest BCUT2D eigenvalue weighted by atomic mass is 32.2. The van der Waals surface area contributed by atoms with Crippen LogP contribution >= 0.6 is 11.8 Å². The Morgan fingerprint density at radius 1 is 1.21 bits per heavy atom. The van der Waals surface area contributed by atoms with E-state index in [-0.39, 0.29) is 11.4 Å². The normalized spacial score (nSPS) is 19.5. The first kappa shape index (κ1) is 23.2. The number of amidine groups is 1. The summed E-state index contributed by atoms with van der Waals surface area (Å²) in [6, 6.07) is 10.2. The van der Waals surface area contributed by atoms with E-state index >= 15 is 0 Å². The molecule has 0 unspecified atom stereocenters. The van der Waals surface area contributed by atoms with E-state index in [1.54, 1.807) is 7.11 Å². The summed E-state index contributed by atoms with van der Waals surface area (Å²) in [5.41, 5.74) is 7.50. The van der Waals surface area contributed by atoms with E-state index in [1.165, 1.54) is 22.9 Å². The second kappa shape index (κ2) is 8.75. The van der Waals surface area contributed by atoms with Crippen molar-refractivity contribution in [1.82, 2.24) is 5.32 Å².